The normalized spacial score (nSPS) is 16.1. The van der Waals surface area contributed by atoms with Crippen molar-refractivity contribution in [2.75, 3.05) is 13.2 Å². The summed E-state index contributed by atoms with van der Waals surface area (Å²) in [6.45, 7) is 2.68. The van der Waals surface area contributed by atoms with Gasteiger partial charge < -0.3 is 4.74 Å². The molecule has 0 bridgehead atoms. The monoisotopic (exact) mass is 383 g/mol. The van der Waals surface area contributed by atoms with Crippen LogP contribution in [0.3, 0.4) is 0 Å². The Morgan fingerprint density at radius 1 is 1.42 bits per heavy atom. The number of hydrogen-bond donors (Lipinski definition) is 0. The van der Waals surface area contributed by atoms with Crippen LogP contribution in [0.25, 0.3) is 6.08 Å². The maximum Gasteiger partial charge on any atom is 0.307 e. The molecule has 0 N–H and O–H groups in total. The average molecular weight is 384 g/mol. The van der Waals surface area contributed by atoms with Gasteiger partial charge in [0.05, 0.1) is 17.9 Å². The molecule has 0 spiro atoms. The molecule has 7 heteroatoms. The zero-order valence-electron chi connectivity index (χ0n) is 13.3. The van der Waals surface area contributed by atoms with Crippen LogP contribution in [0, 0.1) is 0 Å². The summed E-state index contributed by atoms with van der Waals surface area (Å²) in [5.74, 6) is -0.515. The lowest BCUT2D eigenvalue weighted by atomic mass is 10.2. The largest absolute Gasteiger partial charge is 0.466 e. The number of hydrogen-bond acceptors (Lipinski definition) is 5. The molecular weight excluding hydrogens is 366 g/mol. The van der Waals surface area contributed by atoms with Crippen LogP contribution in [0.2, 0.25) is 5.02 Å². The summed E-state index contributed by atoms with van der Waals surface area (Å²) in [5, 5.41) is 0.572. The minimum absolute atomic E-state index is 0.134. The molecule has 4 nitrogen and oxygen atoms in total. The summed E-state index contributed by atoms with van der Waals surface area (Å²) in [4.78, 5) is 26.1. The highest BCUT2D eigenvalue weighted by Crippen LogP contribution is 2.33. The van der Waals surface area contributed by atoms with E-state index in [4.69, 9.17) is 28.6 Å². The van der Waals surface area contributed by atoms with Gasteiger partial charge in [-0.2, -0.15) is 0 Å². The molecule has 1 saturated heterocycles. The van der Waals surface area contributed by atoms with E-state index in [9.17, 15) is 9.59 Å². The Labute approximate surface area is 156 Å². The van der Waals surface area contributed by atoms with Crippen LogP contribution in [0.5, 0.6) is 0 Å². The summed E-state index contributed by atoms with van der Waals surface area (Å²) in [7, 11) is 0. The third-order valence-electron chi connectivity index (χ3n) is 3.37. The fourth-order valence-corrected chi connectivity index (χ4v) is 3.52. The molecule has 1 amide bonds. The molecular formula is C17H18ClNO3S2. The van der Waals surface area contributed by atoms with E-state index in [1.165, 1.54) is 16.7 Å². The summed E-state index contributed by atoms with van der Waals surface area (Å²) in [5.41, 5.74) is 0.763. The van der Waals surface area contributed by atoms with E-state index < -0.39 is 0 Å². The Kier molecular flexibility index (Phi) is 7.27. The molecule has 0 radical (unpaired) electrons. The van der Waals surface area contributed by atoms with Gasteiger partial charge in [-0.05, 0) is 24.1 Å². The smallest absolute Gasteiger partial charge is 0.307 e. The number of rotatable bonds is 7. The van der Waals surface area contributed by atoms with Gasteiger partial charge in [0, 0.05) is 11.6 Å². The van der Waals surface area contributed by atoms with Gasteiger partial charge in [0.1, 0.15) is 4.32 Å². The van der Waals surface area contributed by atoms with Gasteiger partial charge in [0.2, 0.25) is 0 Å². The first-order chi connectivity index (χ1) is 11.5. The topological polar surface area (TPSA) is 46.6 Å². The zero-order chi connectivity index (χ0) is 17.5. The summed E-state index contributed by atoms with van der Waals surface area (Å²) < 4.78 is 5.54. The summed E-state index contributed by atoms with van der Waals surface area (Å²) >= 11 is 12.6. The minimum Gasteiger partial charge on any atom is -0.466 e. The number of carbonyl (C=O) groups is 2. The first-order valence-corrected chi connectivity index (χ1v) is 9.28. The molecule has 1 aromatic rings. The van der Waals surface area contributed by atoms with Gasteiger partial charge in [0.15, 0.2) is 0 Å². The maximum absolute atomic E-state index is 12.5. The number of halogens is 1. The van der Waals surface area contributed by atoms with Crippen molar-refractivity contribution in [2.45, 2.75) is 26.2 Å². The van der Waals surface area contributed by atoms with E-state index in [0.29, 0.717) is 20.9 Å². The van der Waals surface area contributed by atoms with Gasteiger partial charge in [0.25, 0.3) is 5.91 Å². The Bertz CT molecular complexity index is 676. The first kappa shape index (κ1) is 19.0. The lowest BCUT2D eigenvalue weighted by Gasteiger charge is -2.13. The summed E-state index contributed by atoms with van der Waals surface area (Å²) in [6, 6.07) is 7.28. The van der Waals surface area contributed by atoms with E-state index in [0.717, 1.165) is 18.4 Å². The second kappa shape index (κ2) is 9.20. The predicted molar refractivity (Wildman–Crippen MR) is 102 cm³/mol. The van der Waals surface area contributed by atoms with Gasteiger partial charge in [-0.25, -0.2) is 0 Å². The van der Waals surface area contributed by atoms with E-state index in [2.05, 4.69) is 0 Å². The molecule has 1 aromatic carbocycles. The van der Waals surface area contributed by atoms with Crippen LogP contribution >= 0.6 is 35.6 Å². The number of carbonyl (C=O) groups excluding carboxylic acids is 2. The number of benzene rings is 1. The average Bonchev–Trinajstić information content (AvgIpc) is 2.82. The van der Waals surface area contributed by atoms with Crippen LogP contribution in [0.15, 0.2) is 29.2 Å². The minimum atomic E-state index is -0.312. The molecule has 2 rings (SSSR count). The van der Waals surface area contributed by atoms with Gasteiger partial charge in [-0.1, -0.05) is 67.1 Å². The Hall–Kier alpha value is -1.37. The number of ether oxygens (including phenoxy) is 1. The van der Waals surface area contributed by atoms with Crippen LogP contribution in [0.4, 0.5) is 0 Å². The number of unbranched alkanes of at least 4 members (excludes halogenated alkanes) is 1. The molecule has 24 heavy (non-hydrogen) atoms. The highest BCUT2D eigenvalue weighted by atomic mass is 35.5. The molecule has 0 aliphatic carbocycles. The lowest BCUT2D eigenvalue weighted by molar-refractivity contribution is -0.144. The van der Waals surface area contributed by atoms with E-state index in [-0.39, 0.29) is 24.8 Å². The molecule has 1 aliphatic heterocycles. The predicted octanol–water partition coefficient (Wildman–Crippen LogP) is 4.27. The molecule has 0 unspecified atom stereocenters. The number of esters is 1. The van der Waals surface area contributed by atoms with E-state index in [1.807, 2.05) is 25.1 Å². The molecule has 1 fully saturated rings. The number of nitrogens with zero attached hydrogens (tertiary/aromatic N) is 1. The van der Waals surface area contributed by atoms with Crippen molar-refractivity contribution in [2.24, 2.45) is 0 Å². The van der Waals surface area contributed by atoms with Crippen LogP contribution in [-0.2, 0) is 14.3 Å². The SMILES string of the molecule is CCCCOC(=O)CCN1C(=O)/C(=C/c2ccccc2Cl)SC1=S. The van der Waals surface area contributed by atoms with Gasteiger partial charge in [-0.3, -0.25) is 14.5 Å². The Morgan fingerprint density at radius 3 is 2.88 bits per heavy atom. The summed E-state index contributed by atoms with van der Waals surface area (Å²) in [6.07, 6.45) is 3.67. The highest BCUT2D eigenvalue weighted by molar-refractivity contribution is 8.26. The molecule has 0 atom stereocenters. The zero-order valence-corrected chi connectivity index (χ0v) is 15.7. The maximum atomic E-state index is 12.5. The lowest BCUT2D eigenvalue weighted by Crippen LogP contribution is -2.30. The Morgan fingerprint density at radius 2 is 2.17 bits per heavy atom. The number of amides is 1. The number of thiocarbonyl (C=S) groups is 1. The quantitative estimate of drug-likeness (QED) is 0.304. The second-order valence-electron chi connectivity index (χ2n) is 5.18. The van der Waals surface area contributed by atoms with Crippen molar-refractivity contribution in [3.63, 3.8) is 0 Å². The molecule has 0 aromatic heterocycles. The third kappa shape index (κ3) is 5.06. The van der Waals surface area contributed by atoms with Crippen molar-refractivity contribution in [1.29, 1.82) is 0 Å². The van der Waals surface area contributed by atoms with Gasteiger partial charge >= 0.3 is 5.97 Å². The van der Waals surface area contributed by atoms with Crippen molar-refractivity contribution >= 4 is 57.9 Å². The standard InChI is InChI=1S/C17H18ClNO3S2/c1-2-3-10-22-15(20)8-9-19-16(21)14(24-17(19)23)11-12-6-4-5-7-13(12)18/h4-7,11H,2-3,8-10H2,1H3/b14-11-. The fourth-order valence-electron chi connectivity index (χ4n) is 2.03. The first-order valence-electron chi connectivity index (χ1n) is 7.68. The Balaban J connectivity index is 1.97. The van der Waals surface area contributed by atoms with Crippen molar-refractivity contribution in [1.82, 2.24) is 4.90 Å². The fraction of sp³-hybridized carbons (Fsp3) is 0.353. The third-order valence-corrected chi connectivity index (χ3v) is 5.09. The number of thioether (sulfide) groups is 1. The van der Waals surface area contributed by atoms with Crippen molar-refractivity contribution in [3.05, 3.63) is 39.8 Å². The van der Waals surface area contributed by atoms with Crippen molar-refractivity contribution < 1.29 is 14.3 Å². The molecule has 1 aliphatic rings. The van der Waals surface area contributed by atoms with Crippen molar-refractivity contribution in [3.8, 4) is 0 Å². The molecule has 1 heterocycles. The van der Waals surface area contributed by atoms with Crippen LogP contribution in [0.1, 0.15) is 31.7 Å². The van der Waals surface area contributed by atoms with E-state index >= 15 is 0 Å². The highest BCUT2D eigenvalue weighted by Gasteiger charge is 2.32. The van der Waals surface area contributed by atoms with E-state index in [1.54, 1.807) is 12.1 Å². The van der Waals surface area contributed by atoms with Gasteiger partial charge in [-0.15, -0.1) is 0 Å². The molecule has 0 saturated carbocycles. The van der Waals surface area contributed by atoms with Crippen LogP contribution < -0.4 is 0 Å². The molecule has 128 valence electrons. The van der Waals surface area contributed by atoms with Crippen LogP contribution in [-0.4, -0.2) is 34.2 Å². The second-order valence-corrected chi connectivity index (χ2v) is 7.26.